The van der Waals surface area contributed by atoms with Crippen LogP contribution in [-0.2, 0) is 16.6 Å². The molecule has 18 heavy (non-hydrogen) atoms. The Hall–Kier alpha value is -0.430. The maximum absolute atomic E-state index is 12.1. The highest BCUT2D eigenvalue weighted by molar-refractivity contribution is 9.10. The second-order valence-electron chi connectivity index (χ2n) is 4.55. The number of aliphatic hydroxyl groups is 1. The molecule has 0 atom stereocenters. The molecule has 1 fully saturated rings. The van der Waals surface area contributed by atoms with E-state index in [0.717, 1.165) is 6.42 Å². The number of aliphatic hydroxyl groups excluding tert-OH is 1. The van der Waals surface area contributed by atoms with Crippen LogP contribution >= 0.6 is 15.9 Å². The van der Waals surface area contributed by atoms with E-state index in [1.165, 1.54) is 18.9 Å². The van der Waals surface area contributed by atoms with Crippen molar-refractivity contribution in [1.29, 1.82) is 0 Å². The minimum atomic E-state index is -3.50. The molecular weight excluding hydrogens is 318 g/mol. The van der Waals surface area contributed by atoms with Crippen LogP contribution in [0.2, 0.25) is 0 Å². The molecule has 2 rings (SSSR count). The lowest BCUT2D eigenvalue weighted by Gasteiger charge is -2.09. The van der Waals surface area contributed by atoms with Gasteiger partial charge in [0.1, 0.15) is 0 Å². The van der Waals surface area contributed by atoms with Crippen LogP contribution in [0, 0.1) is 5.92 Å². The fourth-order valence-electron chi connectivity index (χ4n) is 1.73. The first-order valence-corrected chi connectivity index (χ1v) is 8.19. The first-order valence-electron chi connectivity index (χ1n) is 5.92. The summed E-state index contributed by atoms with van der Waals surface area (Å²) in [5.41, 5.74) is 0.584. The van der Waals surface area contributed by atoms with E-state index >= 15 is 0 Å². The second-order valence-corrected chi connectivity index (χ2v) is 7.14. The monoisotopic (exact) mass is 333 g/mol. The molecule has 0 bridgehead atoms. The van der Waals surface area contributed by atoms with Gasteiger partial charge in [-0.15, -0.1) is 0 Å². The summed E-state index contributed by atoms with van der Waals surface area (Å²) in [6.07, 6.45) is 3.33. The molecule has 0 spiro atoms. The van der Waals surface area contributed by atoms with Crippen LogP contribution in [0.15, 0.2) is 27.6 Å². The van der Waals surface area contributed by atoms with Gasteiger partial charge < -0.3 is 5.11 Å². The summed E-state index contributed by atoms with van der Waals surface area (Å²) in [6, 6.07) is 4.82. The topological polar surface area (TPSA) is 66.4 Å². The van der Waals surface area contributed by atoms with E-state index in [1.807, 2.05) is 0 Å². The third-order valence-electron chi connectivity index (χ3n) is 3.01. The van der Waals surface area contributed by atoms with Crippen LogP contribution in [0.5, 0.6) is 0 Å². The molecule has 0 aromatic heterocycles. The summed E-state index contributed by atoms with van der Waals surface area (Å²) in [7, 11) is -3.50. The van der Waals surface area contributed by atoms with Gasteiger partial charge in [-0.05, 0) is 46.0 Å². The first-order chi connectivity index (χ1) is 8.53. The van der Waals surface area contributed by atoms with Crippen molar-refractivity contribution in [2.45, 2.75) is 30.8 Å². The molecule has 0 heterocycles. The maximum atomic E-state index is 12.1. The largest absolute Gasteiger partial charge is 0.392 e. The Morgan fingerprint density at radius 3 is 2.72 bits per heavy atom. The van der Waals surface area contributed by atoms with Gasteiger partial charge in [-0.3, -0.25) is 0 Å². The minimum absolute atomic E-state index is 0.169. The molecule has 0 amide bonds. The number of sulfonamides is 1. The normalized spacial score (nSPS) is 15.9. The van der Waals surface area contributed by atoms with Crippen LogP contribution in [0.25, 0.3) is 0 Å². The van der Waals surface area contributed by atoms with E-state index in [4.69, 9.17) is 5.11 Å². The molecule has 1 aromatic carbocycles. The first kappa shape index (κ1) is 14.0. The van der Waals surface area contributed by atoms with E-state index in [1.54, 1.807) is 12.1 Å². The van der Waals surface area contributed by atoms with Crippen molar-refractivity contribution in [3.63, 3.8) is 0 Å². The Balaban J connectivity index is 2.11. The molecule has 1 aromatic rings. The summed E-state index contributed by atoms with van der Waals surface area (Å²) < 4.78 is 27.3. The Kier molecular flexibility index (Phi) is 4.42. The molecule has 1 saturated carbocycles. The van der Waals surface area contributed by atoms with Gasteiger partial charge in [0, 0.05) is 11.0 Å². The van der Waals surface area contributed by atoms with E-state index in [2.05, 4.69) is 20.7 Å². The Morgan fingerprint density at radius 1 is 1.39 bits per heavy atom. The van der Waals surface area contributed by atoms with Crippen LogP contribution in [0.1, 0.15) is 24.8 Å². The van der Waals surface area contributed by atoms with Gasteiger partial charge in [-0.2, -0.15) is 0 Å². The number of benzene rings is 1. The van der Waals surface area contributed by atoms with Gasteiger partial charge >= 0.3 is 0 Å². The standard InChI is InChI=1S/C12H16BrNO3S/c13-11-4-3-10(8-15)7-12(11)18(16,17)14-6-5-9-1-2-9/h3-4,7,9,14-15H,1-2,5-6,8H2. The number of hydrogen-bond acceptors (Lipinski definition) is 3. The Bertz CT molecular complexity index is 526. The molecule has 4 nitrogen and oxygen atoms in total. The summed E-state index contributed by atoms with van der Waals surface area (Å²) in [5.74, 6) is 0.694. The van der Waals surface area contributed by atoms with Crippen molar-refractivity contribution < 1.29 is 13.5 Å². The molecule has 2 N–H and O–H groups in total. The van der Waals surface area contributed by atoms with Crippen molar-refractivity contribution in [2.75, 3.05) is 6.54 Å². The predicted molar refractivity (Wildman–Crippen MR) is 72.6 cm³/mol. The van der Waals surface area contributed by atoms with Gasteiger partial charge in [0.25, 0.3) is 0 Å². The van der Waals surface area contributed by atoms with E-state index < -0.39 is 10.0 Å². The lowest BCUT2D eigenvalue weighted by molar-refractivity contribution is 0.281. The molecule has 1 aliphatic rings. The maximum Gasteiger partial charge on any atom is 0.241 e. The number of nitrogens with one attached hydrogen (secondary N) is 1. The fraction of sp³-hybridized carbons (Fsp3) is 0.500. The zero-order chi connectivity index (χ0) is 13.2. The number of hydrogen-bond donors (Lipinski definition) is 2. The fourth-order valence-corrected chi connectivity index (χ4v) is 3.79. The van der Waals surface area contributed by atoms with Crippen molar-refractivity contribution >= 4 is 26.0 Å². The molecular formula is C12H16BrNO3S. The van der Waals surface area contributed by atoms with Crippen molar-refractivity contribution in [3.05, 3.63) is 28.2 Å². The SMILES string of the molecule is O=S(=O)(NCCC1CC1)c1cc(CO)ccc1Br. The average Bonchev–Trinajstić information content (AvgIpc) is 3.13. The Labute approximate surface area is 116 Å². The summed E-state index contributed by atoms with van der Waals surface area (Å²) in [4.78, 5) is 0.185. The average molecular weight is 334 g/mol. The molecule has 0 radical (unpaired) electrons. The quantitative estimate of drug-likeness (QED) is 0.836. The molecule has 6 heteroatoms. The van der Waals surface area contributed by atoms with Gasteiger partial charge in [-0.1, -0.05) is 18.9 Å². The highest BCUT2D eigenvalue weighted by Gasteiger charge is 2.23. The van der Waals surface area contributed by atoms with Crippen LogP contribution < -0.4 is 4.72 Å². The summed E-state index contributed by atoms with van der Waals surface area (Å²) in [6.45, 7) is 0.306. The highest BCUT2D eigenvalue weighted by atomic mass is 79.9. The van der Waals surface area contributed by atoms with Crippen molar-refractivity contribution in [3.8, 4) is 0 Å². The predicted octanol–water partition coefficient (Wildman–Crippen LogP) is 2.02. The number of rotatable bonds is 6. The zero-order valence-electron chi connectivity index (χ0n) is 9.89. The smallest absolute Gasteiger partial charge is 0.241 e. The lowest BCUT2D eigenvalue weighted by Crippen LogP contribution is -2.25. The number of halogens is 1. The summed E-state index contributed by atoms with van der Waals surface area (Å²) in [5, 5.41) is 9.05. The highest BCUT2D eigenvalue weighted by Crippen LogP contribution is 2.32. The third-order valence-corrected chi connectivity index (χ3v) is 5.46. The van der Waals surface area contributed by atoms with E-state index in [9.17, 15) is 8.42 Å². The second kappa shape index (κ2) is 5.69. The molecule has 1 aliphatic carbocycles. The van der Waals surface area contributed by atoms with Crippen LogP contribution in [0.4, 0.5) is 0 Å². The third kappa shape index (κ3) is 3.54. The molecule has 100 valence electrons. The molecule has 0 saturated heterocycles. The molecule has 0 unspecified atom stereocenters. The lowest BCUT2D eigenvalue weighted by atomic mass is 10.2. The van der Waals surface area contributed by atoms with Gasteiger partial charge in [0.05, 0.1) is 11.5 Å². The van der Waals surface area contributed by atoms with Crippen LogP contribution in [-0.4, -0.2) is 20.1 Å². The minimum Gasteiger partial charge on any atom is -0.392 e. The van der Waals surface area contributed by atoms with Crippen molar-refractivity contribution in [1.82, 2.24) is 4.72 Å². The van der Waals surface area contributed by atoms with Gasteiger partial charge in [-0.25, -0.2) is 13.1 Å². The Morgan fingerprint density at radius 2 is 2.11 bits per heavy atom. The summed E-state index contributed by atoms with van der Waals surface area (Å²) >= 11 is 3.23. The van der Waals surface area contributed by atoms with E-state index in [0.29, 0.717) is 22.5 Å². The van der Waals surface area contributed by atoms with Gasteiger partial charge in [0.2, 0.25) is 10.0 Å². The van der Waals surface area contributed by atoms with Gasteiger partial charge in [0.15, 0.2) is 0 Å². The van der Waals surface area contributed by atoms with E-state index in [-0.39, 0.29) is 11.5 Å². The van der Waals surface area contributed by atoms with Crippen molar-refractivity contribution in [2.24, 2.45) is 5.92 Å². The molecule has 0 aliphatic heterocycles. The van der Waals surface area contributed by atoms with Crippen LogP contribution in [0.3, 0.4) is 0 Å². The zero-order valence-corrected chi connectivity index (χ0v) is 12.3.